The number of hydrogen-bond donors (Lipinski definition) is 1. The predicted octanol–water partition coefficient (Wildman–Crippen LogP) is 6.41. The molecule has 0 saturated heterocycles. The third-order valence-electron chi connectivity index (χ3n) is 5.88. The number of thiazole rings is 1. The fourth-order valence-electron chi connectivity index (χ4n) is 4.24. The molecule has 0 saturated carbocycles. The van der Waals surface area contributed by atoms with E-state index in [1.807, 2.05) is 32.0 Å². The molecule has 0 spiro atoms. The molecule has 1 atom stereocenters. The van der Waals surface area contributed by atoms with Crippen LogP contribution in [0.1, 0.15) is 33.8 Å². The molecular formula is C28H24N2O5S2. The summed E-state index contributed by atoms with van der Waals surface area (Å²) in [6.45, 7) is 8.21. The second kappa shape index (κ2) is 10.2. The molecule has 1 amide bonds. The van der Waals surface area contributed by atoms with Crippen LogP contribution in [0.2, 0.25) is 0 Å². The lowest BCUT2D eigenvalue weighted by molar-refractivity contribution is -0.117. The SMILES string of the molecule is C=CCOc1ccc(C2C(C(=O)c3cccs3)=C(O)C(=O)N2c2nc3ccc(C)cc3s2)cc1OCC. The number of fused-ring (bicyclic) bond motifs is 1. The Labute approximate surface area is 221 Å². The number of ether oxygens (including phenoxy) is 2. The van der Waals surface area contributed by atoms with Gasteiger partial charge in [-0.1, -0.05) is 42.2 Å². The maximum Gasteiger partial charge on any atom is 0.296 e. The van der Waals surface area contributed by atoms with Gasteiger partial charge in [0.15, 0.2) is 22.4 Å². The summed E-state index contributed by atoms with van der Waals surface area (Å²) in [7, 11) is 0. The highest BCUT2D eigenvalue weighted by molar-refractivity contribution is 7.22. The quantitative estimate of drug-likeness (QED) is 0.198. The number of anilines is 1. The van der Waals surface area contributed by atoms with Crippen LogP contribution in [0.4, 0.5) is 5.13 Å². The Morgan fingerprint density at radius 1 is 1.19 bits per heavy atom. The average molecular weight is 533 g/mol. The van der Waals surface area contributed by atoms with Gasteiger partial charge in [-0.05, 0) is 60.7 Å². The van der Waals surface area contributed by atoms with Crippen molar-refractivity contribution in [3.8, 4) is 11.5 Å². The van der Waals surface area contributed by atoms with Crippen LogP contribution in [0.25, 0.3) is 10.2 Å². The summed E-state index contributed by atoms with van der Waals surface area (Å²) in [5, 5.41) is 13.2. The van der Waals surface area contributed by atoms with Crippen molar-refractivity contribution in [2.24, 2.45) is 0 Å². The fraction of sp³-hybridized carbons (Fsp3) is 0.179. The van der Waals surface area contributed by atoms with Crippen molar-refractivity contribution < 1.29 is 24.2 Å². The molecule has 2 aromatic carbocycles. The third-order valence-corrected chi connectivity index (χ3v) is 7.76. The molecule has 7 nitrogen and oxygen atoms in total. The molecule has 9 heteroatoms. The van der Waals surface area contributed by atoms with E-state index in [9.17, 15) is 14.7 Å². The van der Waals surface area contributed by atoms with Gasteiger partial charge in [-0.15, -0.1) is 11.3 Å². The minimum absolute atomic E-state index is 0.00472. The molecule has 0 aliphatic carbocycles. The maximum absolute atomic E-state index is 13.6. The zero-order valence-corrected chi connectivity index (χ0v) is 21.9. The minimum atomic E-state index is -0.906. The number of aliphatic hydroxyl groups is 1. The van der Waals surface area contributed by atoms with E-state index in [1.165, 1.54) is 27.6 Å². The monoisotopic (exact) mass is 532 g/mol. The predicted molar refractivity (Wildman–Crippen MR) is 146 cm³/mol. The Morgan fingerprint density at radius 3 is 2.76 bits per heavy atom. The second-order valence-corrected chi connectivity index (χ2v) is 10.3. The molecule has 1 aliphatic heterocycles. The molecular weight excluding hydrogens is 508 g/mol. The molecule has 188 valence electrons. The van der Waals surface area contributed by atoms with Crippen LogP contribution in [0.15, 0.2) is 77.9 Å². The van der Waals surface area contributed by atoms with E-state index in [0.717, 1.165) is 15.8 Å². The van der Waals surface area contributed by atoms with Crippen molar-refractivity contribution >= 4 is 49.7 Å². The summed E-state index contributed by atoms with van der Waals surface area (Å²) < 4.78 is 12.5. The number of ketones is 1. The van der Waals surface area contributed by atoms with Crippen LogP contribution in [0, 0.1) is 6.92 Å². The van der Waals surface area contributed by atoms with E-state index in [2.05, 4.69) is 11.6 Å². The zero-order valence-electron chi connectivity index (χ0n) is 20.3. The number of hydrogen-bond acceptors (Lipinski definition) is 8. The summed E-state index contributed by atoms with van der Waals surface area (Å²) >= 11 is 2.59. The summed E-state index contributed by atoms with van der Waals surface area (Å²) in [4.78, 5) is 33.6. The lowest BCUT2D eigenvalue weighted by atomic mass is 9.95. The number of carbonyl (C=O) groups is 2. The van der Waals surface area contributed by atoms with E-state index < -0.39 is 23.5 Å². The number of aromatic nitrogens is 1. The van der Waals surface area contributed by atoms with Crippen molar-refractivity contribution in [3.05, 3.63) is 93.9 Å². The Kier molecular flexibility index (Phi) is 6.82. The fourth-order valence-corrected chi connectivity index (χ4v) is 6.01. The van der Waals surface area contributed by atoms with E-state index >= 15 is 0 Å². The largest absolute Gasteiger partial charge is 0.503 e. The molecule has 4 aromatic rings. The van der Waals surface area contributed by atoms with Crippen molar-refractivity contribution in [3.63, 3.8) is 0 Å². The van der Waals surface area contributed by atoms with Crippen molar-refractivity contribution in [1.82, 2.24) is 4.98 Å². The number of Topliss-reactive ketones (excluding diaryl/α,β-unsaturated/α-hetero) is 1. The van der Waals surface area contributed by atoms with E-state index in [4.69, 9.17) is 9.47 Å². The molecule has 3 heterocycles. The van der Waals surface area contributed by atoms with Crippen LogP contribution in [-0.4, -0.2) is 35.0 Å². The highest BCUT2D eigenvalue weighted by Gasteiger charge is 2.46. The van der Waals surface area contributed by atoms with Gasteiger partial charge in [-0.25, -0.2) is 4.98 Å². The molecule has 37 heavy (non-hydrogen) atoms. The van der Waals surface area contributed by atoms with Gasteiger partial charge in [0.2, 0.25) is 5.78 Å². The number of rotatable bonds is 9. The summed E-state index contributed by atoms with van der Waals surface area (Å²) in [5.74, 6) is -0.690. The standard InChI is InChI=1S/C28H24N2O5S2/c1-4-12-35-19-11-9-17(15-20(19)34-5-2)24-23(25(31)21-7-6-13-36-21)26(32)27(33)30(24)28-29-18-10-8-16(3)14-22(18)37-28/h4,6-11,13-15,24,32H,1,5,12H2,2-3H3. The second-order valence-electron chi connectivity index (χ2n) is 8.35. The Hall–Kier alpha value is -3.95. The molecule has 1 aliphatic rings. The molecule has 5 rings (SSSR count). The first kappa shape index (κ1) is 24.7. The number of carbonyl (C=O) groups excluding carboxylic acids is 2. The number of amides is 1. The van der Waals surface area contributed by atoms with Crippen LogP contribution in [0.3, 0.4) is 0 Å². The molecule has 0 radical (unpaired) electrons. The smallest absolute Gasteiger partial charge is 0.296 e. The zero-order chi connectivity index (χ0) is 26.1. The van der Waals surface area contributed by atoms with Gasteiger partial charge in [0.1, 0.15) is 6.61 Å². The van der Waals surface area contributed by atoms with E-state index in [-0.39, 0.29) is 5.57 Å². The molecule has 1 unspecified atom stereocenters. The van der Waals surface area contributed by atoms with Crippen LogP contribution in [-0.2, 0) is 4.79 Å². The highest BCUT2D eigenvalue weighted by Crippen LogP contribution is 2.46. The summed E-state index contributed by atoms with van der Waals surface area (Å²) in [6, 6.07) is 13.6. The number of benzene rings is 2. The maximum atomic E-state index is 13.6. The number of aryl methyl sites for hydroxylation is 1. The number of nitrogens with zero attached hydrogens (tertiary/aromatic N) is 2. The van der Waals surface area contributed by atoms with Gasteiger partial charge in [0.05, 0.1) is 33.3 Å². The van der Waals surface area contributed by atoms with Gasteiger partial charge in [0, 0.05) is 0 Å². The van der Waals surface area contributed by atoms with Crippen LogP contribution in [0.5, 0.6) is 11.5 Å². The molecule has 2 aromatic heterocycles. The lowest BCUT2D eigenvalue weighted by Gasteiger charge is -2.25. The first-order valence-corrected chi connectivity index (χ1v) is 13.3. The van der Waals surface area contributed by atoms with Gasteiger partial charge in [-0.2, -0.15) is 0 Å². The van der Waals surface area contributed by atoms with Crippen molar-refractivity contribution in [2.45, 2.75) is 19.9 Å². The first-order valence-electron chi connectivity index (χ1n) is 11.7. The number of thiophene rings is 1. The highest BCUT2D eigenvalue weighted by atomic mass is 32.1. The molecule has 1 N–H and O–H groups in total. The molecule has 0 fully saturated rings. The summed E-state index contributed by atoms with van der Waals surface area (Å²) in [5.41, 5.74) is 2.39. The van der Waals surface area contributed by atoms with Gasteiger partial charge in [0.25, 0.3) is 5.91 Å². The van der Waals surface area contributed by atoms with Gasteiger partial charge < -0.3 is 14.6 Å². The van der Waals surface area contributed by atoms with Crippen molar-refractivity contribution in [2.75, 3.05) is 18.1 Å². The number of aliphatic hydroxyl groups excluding tert-OH is 1. The van der Waals surface area contributed by atoms with E-state index in [1.54, 1.807) is 41.8 Å². The normalized spacial score (nSPS) is 15.5. The van der Waals surface area contributed by atoms with Crippen molar-refractivity contribution in [1.29, 1.82) is 0 Å². The lowest BCUT2D eigenvalue weighted by Crippen LogP contribution is -2.31. The first-order chi connectivity index (χ1) is 17.9. The Bertz CT molecular complexity index is 1540. The molecule has 0 bridgehead atoms. The third kappa shape index (κ3) is 4.52. The van der Waals surface area contributed by atoms with Gasteiger partial charge in [-0.3, -0.25) is 14.5 Å². The minimum Gasteiger partial charge on any atom is -0.503 e. The Balaban J connectivity index is 1.67. The van der Waals surface area contributed by atoms with Crippen LogP contribution >= 0.6 is 22.7 Å². The summed E-state index contributed by atoms with van der Waals surface area (Å²) in [6.07, 6.45) is 1.63. The van der Waals surface area contributed by atoms with E-state index in [0.29, 0.717) is 40.3 Å². The Morgan fingerprint density at radius 2 is 2.03 bits per heavy atom. The van der Waals surface area contributed by atoms with Crippen LogP contribution < -0.4 is 14.4 Å². The topological polar surface area (TPSA) is 89.0 Å². The average Bonchev–Trinajstić information content (AvgIpc) is 3.62. The van der Waals surface area contributed by atoms with Gasteiger partial charge >= 0.3 is 0 Å².